The van der Waals surface area contributed by atoms with Gasteiger partial charge in [-0.2, -0.15) is 5.10 Å². The van der Waals surface area contributed by atoms with Crippen LogP contribution >= 0.6 is 11.6 Å². The third-order valence-electron chi connectivity index (χ3n) is 5.38. The van der Waals surface area contributed by atoms with Crippen LogP contribution in [0, 0.1) is 0 Å². The summed E-state index contributed by atoms with van der Waals surface area (Å²) in [4.78, 5) is 11.8. The monoisotopic (exact) mass is 440 g/mol. The Labute approximate surface area is 186 Å². The fourth-order valence-corrected chi connectivity index (χ4v) is 3.44. The van der Waals surface area contributed by atoms with Crippen LogP contribution in [-0.2, 0) is 22.7 Å². The lowest BCUT2D eigenvalue weighted by atomic mass is 10.1. The zero-order valence-corrected chi connectivity index (χ0v) is 18.6. The summed E-state index contributed by atoms with van der Waals surface area (Å²) in [5, 5.41) is 5.43. The van der Waals surface area contributed by atoms with Gasteiger partial charge in [-0.3, -0.25) is 9.48 Å². The molecule has 0 spiro atoms. The Morgan fingerprint density at radius 1 is 1.13 bits per heavy atom. The van der Waals surface area contributed by atoms with E-state index < -0.39 is 5.60 Å². The summed E-state index contributed by atoms with van der Waals surface area (Å²) in [5.41, 5.74) is 2.66. The minimum atomic E-state index is -0.871. The van der Waals surface area contributed by atoms with E-state index in [-0.39, 0.29) is 12.4 Å². The van der Waals surface area contributed by atoms with Crippen LogP contribution in [-0.4, -0.2) is 34.4 Å². The molecule has 2 heterocycles. The van der Waals surface area contributed by atoms with Crippen molar-refractivity contribution in [1.29, 1.82) is 0 Å². The SMILES string of the molecule is CC(=O)C(C)(C)OCc1cc(-c2ccc3c(c2)OCCO3)n(Cc2ccccc2Cl)n1. The molecular weight excluding hydrogens is 416 g/mol. The summed E-state index contributed by atoms with van der Waals surface area (Å²) in [6.45, 7) is 6.84. The molecule has 2 aromatic carbocycles. The van der Waals surface area contributed by atoms with Crippen molar-refractivity contribution in [2.24, 2.45) is 0 Å². The lowest BCUT2D eigenvalue weighted by molar-refractivity contribution is -0.139. The molecule has 4 rings (SSSR count). The number of ketones is 1. The van der Waals surface area contributed by atoms with Crippen LogP contribution in [0.3, 0.4) is 0 Å². The van der Waals surface area contributed by atoms with Gasteiger partial charge in [0.1, 0.15) is 18.8 Å². The second-order valence-corrected chi connectivity index (χ2v) is 8.39. The molecular formula is C24H25ClN2O4. The van der Waals surface area contributed by atoms with Gasteiger partial charge in [-0.25, -0.2) is 0 Å². The smallest absolute Gasteiger partial charge is 0.162 e. The molecule has 1 aliphatic heterocycles. The highest BCUT2D eigenvalue weighted by Gasteiger charge is 2.25. The van der Waals surface area contributed by atoms with Gasteiger partial charge in [0.05, 0.1) is 24.5 Å². The van der Waals surface area contributed by atoms with E-state index in [0.29, 0.717) is 30.5 Å². The van der Waals surface area contributed by atoms with Crippen LogP contribution in [0.25, 0.3) is 11.3 Å². The van der Waals surface area contributed by atoms with Crippen molar-refractivity contribution in [3.63, 3.8) is 0 Å². The average molecular weight is 441 g/mol. The Morgan fingerprint density at radius 2 is 1.87 bits per heavy atom. The quantitative estimate of drug-likeness (QED) is 0.522. The van der Waals surface area contributed by atoms with Crippen molar-refractivity contribution >= 4 is 17.4 Å². The molecule has 1 aromatic heterocycles. The van der Waals surface area contributed by atoms with Crippen LogP contribution in [0.15, 0.2) is 48.5 Å². The van der Waals surface area contributed by atoms with E-state index in [4.69, 9.17) is 30.9 Å². The predicted octanol–water partition coefficient (Wildman–Crippen LogP) is 4.91. The normalized spacial score (nSPS) is 13.3. The third kappa shape index (κ3) is 4.75. The molecule has 0 unspecified atom stereocenters. The first-order valence-corrected chi connectivity index (χ1v) is 10.6. The van der Waals surface area contributed by atoms with E-state index in [9.17, 15) is 4.79 Å². The van der Waals surface area contributed by atoms with E-state index in [1.165, 1.54) is 6.92 Å². The molecule has 3 aromatic rings. The molecule has 0 bridgehead atoms. The van der Waals surface area contributed by atoms with Crippen LogP contribution < -0.4 is 9.47 Å². The molecule has 162 valence electrons. The number of benzene rings is 2. The summed E-state index contributed by atoms with van der Waals surface area (Å²) >= 11 is 6.39. The summed E-state index contributed by atoms with van der Waals surface area (Å²) in [5.74, 6) is 1.42. The van der Waals surface area contributed by atoms with Crippen LogP contribution in [0.2, 0.25) is 5.02 Å². The van der Waals surface area contributed by atoms with Gasteiger partial charge in [0, 0.05) is 10.6 Å². The van der Waals surface area contributed by atoms with Gasteiger partial charge >= 0.3 is 0 Å². The highest BCUT2D eigenvalue weighted by atomic mass is 35.5. The molecule has 0 aliphatic carbocycles. The number of aromatic nitrogens is 2. The summed E-state index contributed by atoms with van der Waals surface area (Å²) < 4.78 is 19.1. The fourth-order valence-electron chi connectivity index (χ4n) is 3.24. The number of carbonyl (C=O) groups is 1. The first kappa shape index (κ1) is 21.4. The van der Waals surface area contributed by atoms with Gasteiger partial charge in [-0.05, 0) is 56.7 Å². The number of carbonyl (C=O) groups excluding carboxylic acids is 1. The van der Waals surface area contributed by atoms with E-state index in [1.54, 1.807) is 13.8 Å². The number of hydrogen-bond donors (Lipinski definition) is 0. The Kier molecular flexibility index (Phi) is 6.03. The fraction of sp³-hybridized carbons (Fsp3) is 0.333. The minimum absolute atomic E-state index is 0.0324. The molecule has 7 heteroatoms. The lowest BCUT2D eigenvalue weighted by Gasteiger charge is -2.21. The third-order valence-corrected chi connectivity index (χ3v) is 5.74. The van der Waals surface area contributed by atoms with Crippen molar-refractivity contribution in [2.75, 3.05) is 13.2 Å². The standard InChI is InChI=1S/C24H25ClN2O4/c1-16(28)24(2,3)31-15-19-13-21(17-8-9-22-23(12-17)30-11-10-29-22)27(26-19)14-18-6-4-5-7-20(18)25/h4-9,12-13H,10-11,14-15H2,1-3H3. The van der Waals surface area contributed by atoms with E-state index in [1.807, 2.05) is 53.2 Å². The largest absolute Gasteiger partial charge is 0.486 e. The molecule has 0 amide bonds. The number of halogens is 1. The highest BCUT2D eigenvalue weighted by molar-refractivity contribution is 6.31. The van der Waals surface area contributed by atoms with Crippen molar-refractivity contribution in [3.05, 3.63) is 64.8 Å². The molecule has 0 radical (unpaired) electrons. The molecule has 0 fully saturated rings. The van der Waals surface area contributed by atoms with Crippen molar-refractivity contribution in [1.82, 2.24) is 9.78 Å². The topological polar surface area (TPSA) is 62.6 Å². The van der Waals surface area contributed by atoms with Crippen molar-refractivity contribution in [3.8, 4) is 22.8 Å². The molecule has 0 N–H and O–H groups in total. The maximum atomic E-state index is 11.8. The van der Waals surface area contributed by atoms with Gasteiger partial charge in [0.25, 0.3) is 0 Å². The number of Topliss-reactive ketones (excluding diaryl/α,β-unsaturated/α-hetero) is 1. The molecule has 0 saturated heterocycles. The van der Waals surface area contributed by atoms with Gasteiger partial charge in [0.2, 0.25) is 0 Å². The summed E-state index contributed by atoms with van der Waals surface area (Å²) in [6.07, 6.45) is 0. The van der Waals surface area contributed by atoms with Crippen LogP contribution in [0.4, 0.5) is 0 Å². The first-order chi connectivity index (χ1) is 14.8. The van der Waals surface area contributed by atoms with E-state index >= 15 is 0 Å². The van der Waals surface area contributed by atoms with E-state index in [0.717, 1.165) is 28.3 Å². The second-order valence-electron chi connectivity index (χ2n) is 7.98. The number of fused-ring (bicyclic) bond motifs is 1. The first-order valence-electron chi connectivity index (χ1n) is 10.2. The highest BCUT2D eigenvalue weighted by Crippen LogP contribution is 2.35. The number of rotatable bonds is 7. The zero-order chi connectivity index (χ0) is 22.0. The molecule has 31 heavy (non-hydrogen) atoms. The number of ether oxygens (including phenoxy) is 3. The van der Waals surface area contributed by atoms with Gasteiger partial charge in [0.15, 0.2) is 17.3 Å². The lowest BCUT2D eigenvalue weighted by Crippen LogP contribution is -2.32. The van der Waals surface area contributed by atoms with Crippen LogP contribution in [0.1, 0.15) is 32.0 Å². The van der Waals surface area contributed by atoms with Gasteiger partial charge in [-0.15, -0.1) is 0 Å². The van der Waals surface area contributed by atoms with Crippen molar-refractivity contribution < 1.29 is 19.0 Å². The Bertz CT molecular complexity index is 1110. The zero-order valence-electron chi connectivity index (χ0n) is 17.9. The number of nitrogens with zero attached hydrogens (tertiary/aromatic N) is 2. The summed E-state index contributed by atoms with van der Waals surface area (Å²) in [7, 11) is 0. The molecule has 6 nitrogen and oxygen atoms in total. The van der Waals surface area contributed by atoms with E-state index in [2.05, 4.69) is 0 Å². The average Bonchev–Trinajstić information content (AvgIpc) is 3.16. The second kappa shape index (κ2) is 8.73. The summed E-state index contributed by atoms with van der Waals surface area (Å²) in [6, 6.07) is 15.5. The molecule has 1 aliphatic rings. The maximum absolute atomic E-state index is 11.8. The van der Waals surface area contributed by atoms with Gasteiger partial charge < -0.3 is 14.2 Å². The number of hydrogen-bond acceptors (Lipinski definition) is 5. The maximum Gasteiger partial charge on any atom is 0.162 e. The van der Waals surface area contributed by atoms with Crippen molar-refractivity contribution in [2.45, 2.75) is 39.5 Å². The Morgan fingerprint density at radius 3 is 2.61 bits per heavy atom. The Balaban J connectivity index is 1.69. The Hall–Kier alpha value is -2.83. The minimum Gasteiger partial charge on any atom is -0.486 e. The van der Waals surface area contributed by atoms with Gasteiger partial charge in [-0.1, -0.05) is 29.8 Å². The van der Waals surface area contributed by atoms with Crippen LogP contribution in [0.5, 0.6) is 11.5 Å². The molecule has 0 saturated carbocycles. The predicted molar refractivity (Wildman–Crippen MR) is 119 cm³/mol. The molecule has 0 atom stereocenters.